The molecule has 6 nitrogen and oxygen atoms in total. The van der Waals surface area contributed by atoms with Gasteiger partial charge in [-0.25, -0.2) is 9.18 Å². The number of carboxylic acids is 1. The van der Waals surface area contributed by atoms with Gasteiger partial charge in [-0.05, 0) is 85.4 Å². The largest absolute Gasteiger partial charge is 0.478 e. The molecular formula is C26H19ClFN3O3S. The highest BCUT2D eigenvalue weighted by Gasteiger charge is 2.42. The molecule has 35 heavy (non-hydrogen) atoms. The summed E-state index contributed by atoms with van der Waals surface area (Å²) in [5, 5.41) is 13.5. The third kappa shape index (κ3) is 4.26. The summed E-state index contributed by atoms with van der Waals surface area (Å²) >= 11 is 12.1. The molecule has 176 valence electrons. The van der Waals surface area contributed by atoms with Gasteiger partial charge in [-0.3, -0.25) is 4.98 Å². The number of furan rings is 1. The number of carboxylic acid groups (broad SMARTS) is 1. The van der Waals surface area contributed by atoms with Gasteiger partial charge in [0.25, 0.3) is 0 Å². The predicted molar refractivity (Wildman–Crippen MR) is 135 cm³/mol. The van der Waals surface area contributed by atoms with Gasteiger partial charge in [0, 0.05) is 17.4 Å². The lowest BCUT2D eigenvalue weighted by Crippen LogP contribution is -2.29. The van der Waals surface area contributed by atoms with Crippen LogP contribution in [-0.4, -0.2) is 21.2 Å². The summed E-state index contributed by atoms with van der Waals surface area (Å²) in [4.78, 5) is 17.8. The van der Waals surface area contributed by atoms with Crippen molar-refractivity contribution >= 4 is 40.6 Å². The number of carbonyl (C=O) groups is 1. The van der Waals surface area contributed by atoms with Gasteiger partial charge in [0.1, 0.15) is 23.4 Å². The average Bonchev–Trinajstić information content (AvgIpc) is 3.46. The van der Waals surface area contributed by atoms with Gasteiger partial charge in [-0.1, -0.05) is 17.7 Å². The number of nitrogens with one attached hydrogen (secondary N) is 1. The number of hydrogen-bond donors (Lipinski definition) is 2. The number of rotatable bonds is 5. The Labute approximate surface area is 211 Å². The summed E-state index contributed by atoms with van der Waals surface area (Å²) in [5.41, 5.74) is 2.51. The quantitative estimate of drug-likeness (QED) is 0.306. The summed E-state index contributed by atoms with van der Waals surface area (Å²) in [5.74, 6) is -0.395. The second kappa shape index (κ2) is 9.13. The second-order valence-electron chi connectivity index (χ2n) is 8.13. The number of benzene rings is 2. The summed E-state index contributed by atoms with van der Waals surface area (Å²) < 4.78 is 20.3. The van der Waals surface area contributed by atoms with Crippen LogP contribution in [0.5, 0.6) is 0 Å². The molecule has 1 saturated heterocycles. The molecule has 0 radical (unpaired) electrons. The molecule has 5 rings (SSSR count). The molecular weight excluding hydrogens is 489 g/mol. The van der Waals surface area contributed by atoms with Crippen LogP contribution in [0.3, 0.4) is 0 Å². The highest BCUT2D eigenvalue weighted by atomic mass is 35.5. The van der Waals surface area contributed by atoms with E-state index in [1.54, 1.807) is 37.4 Å². The van der Waals surface area contributed by atoms with Gasteiger partial charge in [0.15, 0.2) is 5.11 Å². The third-order valence-electron chi connectivity index (χ3n) is 5.91. The van der Waals surface area contributed by atoms with E-state index in [0.717, 1.165) is 5.69 Å². The molecule has 3 heterocycles. The zero-order chi connectivity index (χ0) is 24.7. The van der Waals surface area contributed by atoms with E-state index in [4.69, 9.17) is 28.2 Å². The monoisotopic (exact) mass is 507 g/mol. The number of aromatic carboxylic acids is 1. The lowest BCUT2D eigenvalue weighted by molar-refractivity contribution is 0.0697. The summed E-state index contributed by atoms with van der Waals surface area (Å²) in [6.45, 7) is 1.69. The highest BCUT2D eigenvalue weighted by Crippen LogP contribution is 2.43. The fraction of sp³-hybridized carbons (Fsp3) is 0.115. The van der Waals surface area contributed by atoms with E-state index in [-0.39, 0.29) is 17.4 Å². The summed E-state index contributed by atoms with van der Waals surface area (Å²) in [6.07, 6.45) is 1.70. The molecule has 0 bridgehead atoms. The number of hydrogen-bond acceptors (Lipinski definition) is 4. The zero-order valence-corrected chi connectivity index (χ0v) is 20.0. The van der Waals surface area contributed by atoms with E-state index < -0.39 is 12.0 Å². The number of anilines is 1. The van der Waals surface area contributed by atoms with Crippen molar-refractivity contribution in [1.82, 2.24) is 10.3 Å². The fourth-order valence-electron chi connectivity index (χ4n) is 4.20. The maximum atomic E-state index is 14.0. The molecule has 4 aromatic rings. The molecule has 0 aliphatic carbocycles. The number of thiocarbonyl (C=S) groups is 1. The average molecular weight is 508 g/mol. The van der Waals surface area contributed by atoms with Crippen LogP contribution >= 0.6 is 23.8 Å². The molecule has 2 N–H and O–H groups in total. The van der Waals surface area contributed by atoms with Gasteiger partial charge >= 0.3 is 5.97 Å². The normalized spacial score (nSPS) is 17.5. The third-order valence-corrected chi connectivity index (χ3v) is 6.56. The molecule has 0 saturated carbocycles. The van der Waals surface area contributed by atoms with E-state index in [1.807, 2.05) is 23.1 Å². The van der Waals surface area contributed by atoms with Gasteiger partial charge in [0.2, 0.25) is 0 Å². The van der Waals surface area contributed by atoms with Crippen molar-refractivity contribution in [3.63, 3.8) is 0 Å². The number of halogens is 2. The second-order valence-corrected chi connectivity index (χ2v) is 8.93. The van der Waals surface area contributed by atoms with Crippen molar-refractivity contribution in [2.75, 3.05) is 4.90 Å². The van der Waals surface area contributed by atoms with Gasteiger partial charge in [-0.2, -0.15) is 0 Å². The lowest BCUT2D eigenvalue weighted by atomic mass is 10.0. The first-order valence-corrected chi connectivity index (χ1v) is 11.5. The number of pyridine rings is 1. The maximum absolute atomic E-state index is 14.0. The molecule has 1 fully saturated rings. The Morgan fingerprint density at radius 2 is 2.00 bits per heavy atom. The Hall–Kier alpha value is -3.75. The minimum Gasteiger partial charge on any atom is -0.478 e. The van der Waals surface area contributed by atoms with Crippen molar-refractivity contribution in [2.24, 2.45) is 0 Å². The smallest absolute Gasteiger partial charge is 0.335 e. The standard InChI is InChI=1S/C26H19ClFN3O3S/c1-14-12-16(6-8-19(14)28)31-24(23(30-26(31)35)20-4-2-3-11-29-20)22-10-9-21(34-22)17-13-15(25(32)33)5-7-18(17)27/h2-13,23-24H,1H3,(H,30,35)(H,32,33). The minimum absolute atomic E-state index is 0.0980. The first-order chi connectivity index (χ1) is 16.8. The first kappa shape index (κ1) is 23.0. The van der Waals surface area contributed by atoms with Crippen LogP contribution in [-0.2, 0) is 0 Å². The fourth-order valence-corrected chi connectivity index (χ4v) is 4.76. The number of aryl methyl sites for hydroxylation is 1. The first-order valence-electron chi connectivity index (χ1n) is 10.7. The van der Waals surface area contributed by atoms with Crippen LogP contribution in [0.4, 0.5) is 10.1 Å². The van der Waals surface area contributed by atoms with Crippen molar-refractivity contribution in [2.45, 2.75) is 19.0 Å². The Balaban J connectivity index is 1.62. The number of nitrogens with zero attached hydrogens (tertiary/aromatic N) is 2. The molecule has 2 aromatic carbocycles. The van der Waals surface area contributed by atoms with E-state index in [0.29, 0.717) is 38.5 Å². The van der Waals surface area contributed by atoms with E-state index in [9.17, 15) is 14.3 Å². The van der Waals surface area contributed by atoms with Crippen molar-refractivity contribution < 1.29 is 18.7 Å². The van der Waals surface area contributed by atoms with Crippen LogP contribution in [0.1, 0.15) is 39.5 Å². The SMILES string of the molecule is Cc1cc(N2C(=S)NC(c3ccccn3)C2c2ccc(-c3cc(C(=O)O)ccc3Cl)o2)ccc1F. The predicted octanol–water partition coefficient (Wildman–Crippen LogP) is 6.32. The van der Waals surface area contributed by atoms with Gasteiger partial charge in [-0.15, -0.1) is 0 Å². The van der Waals surface area contributed by atoms with Crippen molar-refractivity contribution in [1.29, 1.82) is 0 Å². The van der Waals surface area contributed by atoms with Crippen molar-refractivity contribution in [3.8, 4) is 11.3 Å². The summed E-state index contributed by atoms with van der Waals surface area (Å²) in [6, 6.07) is 17.6. The van der Waals surface area contributed by atoms with Gasteiger partial charge < -0.3 is 19.7 Å². The lowest BCUT2D eigenvalue weighted by Gasteiger charge is -2.26. The molecule has 0 amide bonds. The van der Waals surface area contributed by atoms with Crippen molar-refractivity contribution in [3.05, 3.63) is 106 Å². The van der Waals surface area contributed by atoms with E-state index in [1.165, 1.54) is 24.3 Å². The molecule has 0 spiro atoms. The Kier molecular flexibility index (Phi) is 6.00. The Bertz CT molecular complexity index is 1440. The molecule has 2 atom stereocenters. The zero-order valence-electron chi connectivity index (χ0n) is 18.4. The summed E-state index contributed by atoms with van der Waals surface area (Å²) in [7, 11) is 0. The number of aromatic nitrogens is 1. The Morgan fingerprint density at radius 1 is 1.17 bits per heavy atom. The highest BCUT2D eigenvalue weighted by molar-refractivity contribution is 7.80. The Morgan fingerprint density at radius 3 is 2.71 bits per heavy atom. The molecule has 9 heteroatoms. The van der Waals surface area contributed by atoms with E-state index in [2.05, 4.69) is 10.3 Å². The molecule has 1 aliphatic heterocycles. The maximum Gasteiger partial charge on any atom is 0.335 e. The molecule has 1 aliphatic rings. The van der Waals surface area contributed by atoms with Crippen LogP contribution < -0.4 is 10.2 Å². The molecule has 2 aromatic heterocycles. The molecule has 2 unspecified atom stereocenters. The minimum atomic E-state index is -1.06. The van der Waals surface area contributed by atoms with Crippen LogP contribution in [0.15, 0.2) is 77.3 Å². The van der Waals surface area contributed by atoms with Crippen LogP contribution in [0.25, 0.3) is 11.3 Å². The van der Waals surface area contributed by atoms with Crippen LogP contribution in [0.2, 0.25) is 5.02 Å². The van der Waals surface area contributed by atoms with Gasteiger partial charge in [0.05, 0.1) is 22.3 Å². The van der Waals surface area contributed by atoms with Crippen LogP contribution in [0, 0.1) is 12.7 Å². The van der Waals surface area contributed by atoms with E-state index >= 15 is 0 Å². The topological polar surface area (TPSA) is 78.6 Å².